The first-order valence-corrected chi connectivity index (χ1v) is 4.19. The van der Waals surface area contributed by atoms with E-state index in [1.807, 2.05) is 0 Å². The molecule has 66 valence electrons. The van der Waals surface area contributed by atoms with Crippen molar-refractivity contribution in [1.29, 1.82) is 0 Å². The molecule has 0 amide bonds. The van der Waals surface area contributed by atoms with Crippen LogP contribution in [-0.4, -0.2) is 11.4 Å². The van der Waals surface area contributed by atoms with E-state index in [9.17, 15) is 13.2 Å². The van der Waals surface area contributed by atoms with Gasteiger partial charge in [0, 0.05) is 0 Å². The van der Waals surface area contributed by atoms with E-state index in [2.05, 4.69) is 12.6 Å². The summed E-state index contributed by atoms with van der Waals surface area (Å²) in [5, 5.41) is -1.42. The second-order valence-electron chi connectivity index (χ2n) is 3.16. The molecule has 1 saturated carbocycles. The molecule has 1 fully saturated rings. The fraction of sp³-hybridized carbons (Fsp3) is 1.00. The minimum Gasteiger partial charge on any atom is -0.170 e. The van der Waals surface area contributed by atoms with E-state index in [0.29, 0.717) is 19.3 Å². The Morgan fingerprint density at radius 3 is 2.00 bits per heavy atom. The largest absolute Gasteiger partial charge is 0.400 e. The maximum absolute atomic E-state index is 12.1. The molecule has 0 spiro atoms. The number of hydrogen-bond donors (Lipinski definition) is 1. The lowest BCUT2D eigenvalue weighted by atomic mass is 9.98. The molecule has 0 aliphatic heterocycles. The first kappa shape index (κ1) is 9.23. The lowest BCUT2D eigenvalue weighted by molar-refractivity contribution is -0.140. The maximum Gasteiger partial charge on any atom is 0.400 e. The van der Waals surface area contributed by atoms with Gasteiger partial charge in [-0.1, -0.05) is 6.92 Å². The summed E-state index contributed by atoms with van der Waals surface area (Å²) in [6.07, 6.45) is -2.19. The predicted molar refractivity (Wildman–Crippen MR) is 40.8 cm³/mol. The van der Waals surface area contributed by atoms with Crippen LogP contribution in [0.2, 0.25) is 0 Å². The lowest BCUT2D eigenvalue weighted by Crippen LogP contribution is -2.32. The number of alkyl halides is 3. The summed E-state index contributed by atoms with van der Waals surface area (Å²) in [7, 11) is 0. The molecular weight excluding hydrogens is 173 g/mol. The Morgan fingerprint density at radius 1 is 1.45 bits per heavy atom. The van der Waals surface area contributed by atoms with Gasteiger partial charge in [0.15, 0.2) is 0 Å². The first-order valence-electron chi connectivity index (χ1n) is 3.67. The van der Waals surface area contributed by atoms with Crippen LogP contribution < -0.4 is 0 Å². The molecule has 0 aromatic heterocycles. The second-order valence-corrected chi connectivity index (χ2v) is 3.68. The minimum absolute atomic E-state index is 0.526. The van der Waals surface area contributed by atoms with Crippen LogP contribution in [0.15, 0.2) is 0 Å². The van der Waals surface area contributed by atoms with Gasteiger partial charge in [0.1, 0.15) is 5.25 Å². The minimum atomic E-state index is -4.13. The van der Waals surface area contributed by atoms with Crippen LogP contribution in [0.5, 0.6) is 0 Å². The van der Waals surface area contributed by atoms with E-state index in [1.54, 1.807) is 6.92 Å². The smallest absolute Gasteiger partial charge is 0.170 e. The van der Waals surface area contributed by atoms with Gasteiger partial charge in [-0.2, -0.15) is 25.8 Å². The average molecular weight is 184 g/mol. The second kappa shape index (κ2) is 2.57. The normalized spacial score (nSPS) is 24.8. The third-order valence-electron chi connectivity index (χ3n) is 2.49. The third kappa shape index (κ3) is 1.66. The molecule has 1 atom stereocenters. The van der Waals surface area contributed by atoms with Gasteiger partial charge in [-0.3, -0.25) is 0 Å². The van der Waals surface area contributed by atoms with Crippen LogP contribution in [0.1, 0.15) is 26.2 Å². The van der Waals surface area contributed by atoms with Crippen LogP contribution in [0, 0.1) is 5.41 Å². The average Bonchev–Trinajstić information content (AvgIpc) is 2.64. The molecule has 0 N–H and O–H groups in total. The summed E-state index contributed by atoms with van der Waals surface area (Å²) in [5.74, 6) is 0. The van der Waals surface area contributed by atoms with Crippen LogP contribution in [0.25, 0.3) is 0 Å². The molecule has 4 heteroatoms. The summed E-state index contributed by atoms with van der Waals surface area (Å²) in [4.78, 5) is 0. The fourth-order valence-corrected chi connectivity index (χ4v) is 1.77. The maximum atomic E-state index is 12.1. The molecule has 1 aliphatic rings. The Kier molecular flexibility index (Phi) is 2.16. The predicted octanol–water partition coefficient (Wildman–Crippen LogP) is 3.04. The summed E-state index contributed by atoms with van der Waals surface area (Å²) >= 11 is 3.61. The molecule has 11 heavy (non-hydrogen) atoms. The van der Waals surface area contributed by atoms with Crippen molar-refractivity contribution >= 4 is 12.6 Å². The molecule has 0 radical (unpaired) electrons. The molecule has 1 unspecified atom stereocenters. The molecule has 1 rings (SSSR count). The molecule has 0 bridgehead atoms. The van der Waals surface area contributed by atoms with Crippen LogP contribution in [0.4, 0.5) is 13.2 Å². The molecule has 0 saturated heterocycles. The number of thiol groups is 1. The molecule has 0 heterocycles. The molecule has 0 aromatic carbocycles. The van der Waals surface area contributed by atoms with Crippen LogP contribution >= 0.6 is 12.6 Å². The van der Waals surface area contributed by atoms with Gasteiger partial charge in [-0.15, -0.1) is 0 Å². The zero-order valence-corrected chi connectivity index (χ0v) is 7.17. The SMILES string of the molecule is CCC1(C(S)C(F)(F)F)CC1. The first-order chi connectivity index (χ1) is 4.92. The summed E-state index contributed by atoms with van der Waals surface area (Å²) in [6.45, 7) is 1.79. The van der Waals surface area contributed by atoms with Gasteiger partial charge in [0.05, 0.1) is 0 Å². The van der Waals surface area contributed by atoms with E-state index in [0.717, 1.165) is 0 Å². The quantitative estimate of drug-likeness (QED) is 0.626. The van der Waals surface area contributed by atoms with Crippen LogP contribution in [-0.2, 0) is 0 Å². The van der Waals surface area contributed by atoms with Crippen molar-refractivity contribution in [3.63, 3.8) is 0 Å². The highest BCUT2D eigenvalue weighted by molar-refractivity contribution is 7.81. The Labute approximate surface area is 69.6 Å². The summed E-state index contributed by atoms with van der Waals surface area (Å²) in [5.41, 5.74) is -0.526. The van der Waals surface area contributed by atoms with Crippen molar-refractivity contribution in [2.24, 2.45) is 5.41 Å². The third-order valence-corrected chi connectivity index (χ3v) is 3.33. The van der Waals surface area contributed by atoms with Crippen molar-refractivity contribution in [3.05, 3.63) is 0 Å². The summed E-state index contributed by atoms with van der Waals surface area (Å²) in [6, 6.07) is 0. The highest BCUT2D eigenvalue weighted by Crippen LogP contribution is 2.57. The Hall–Kier alpha value is 0.140. The van der Waals surface area contributed by atoms with Gasteiger partial charge in [0.2, 0.25) is 0 Å². The van der Waals surface area contributed by atoms with Crippen molar-refractivity contribution in [2.45, 2.75) is 37.6 Å². The lowest BCUT2D eigenvalue weighted by Gasteiger charge is -2.23. The van der Waals surface area contributed by atoms with Gasteiger partial charge in [-0.25, -0.2) is 0 Å². The van der Waals surface area contributed by atoms with Gasteiger partial charge >= 0.3 is 6.18 Å². The van der Waals surface area contributed by atoms with E-state index in [-0.39, 0.29) is 0 Å². The van der Waals surface area contributed by atoms with E-state index < -0.39 is 16.8 Å². The molecular formula is C7H11F3S. The Balaban J connectivity index is 2.61. The van der Waals surface area contributed by atoms with E-state index in [1.165, 1.54) is 0 Å². The topological polar surface area (TPSA) is 0 Å². The monoisotopic (exact) mass is 184 g/mol. The van der Waals surface area contributed by atoms with Crippen molar-refractivity contribution in [3.8, 4) is 0 Å². The zero-order chi connectivity index (χ0) is 8.70. The standard InChI is InChI=1S/C7H11F3S/c1-2-6(3-4-6)5(11)7(8,9)10/h5,11H,2-4H2,1H3. The van der Waals surface area contributed by atoms with Crippen molar-refractivity contribution < 1.29 is 13.2 Å². The molecule has 1 aliphatic carbocycles. The number of rotatable bonds is 2. The van der Waals surface area contributed by atoms with Crippen LogP contribution in [0.3, 0.4) is 0 Å². The Morgan fingerprint density at radius 2 is 1.91 bits per heavy atom. The molecule has 0 aromatic rings. The van der Waals surface area contributed by atoms with E-state index in [4.69, 9.17) is 0 Å². The van der Waals surface area contributed by atoms with Crippen molar-refractivity contribution in [2.75, 3.05) is 0 Å². The fourth-order valence-electron chi connectivity index (χ4n) is 1.33. The highest BCUT2D eigenvalue weighted by Gasteiger charge is 2.56. The Bertz CT molecular complexity index is 148. The summed E-state index contributed by atoms with van der Waals surface area (Å²) < 4.78 is 36.3. The van der Waals surface area contributed by atoms with E-state index >= 15 is 0 Å². The number of hydrogen-bond acceptors (Lipinski definition) is 1. The van der Waals surface area contributed by atoms with Gasteiger partial charge in [0.25, 0.3) is 0 Å². The molecule has 0 nitrogen and oxygen atoms in total. The van der Waals surface area contributed by atoms with Gasteiger partial charge in [-0.05, 0) is 24.7 Å². The highest BCUT2D eigenvalue weighted by atomic mass is 32.1. The zero-order valence-electron chi connectivity index (χ0n) is 6.28. The van der Waals surface area contributed by atoms with Gasteiger partial charge < -0.3 is 0 Å². The van der Waals surface area contributed by atoms with Crippen molar-refractivity contribution in [1.82, 2.24) is 0 Å². The number of halogens is 3.